The van der Waals surface area contributed by atoms with Gasteiger partial charge in [-0.05, 0) is 79.1 Å². The van der Waals surface area contributed by atoms with Crippen molar-refractivity contribution < 1.29 is 51.1 Å². The minimum atomic E-state index is -4.08. The topological polar surface area (TPSA) is 142 Å². The Morgan fingerprint density at radius 1 is 1.00 bits per heavy atom. The summed E-state index contributed by atoms with van der Waals surface area (Å²) in [6.45, 7) is 4.80. The lowest BCUT2D eigenvalue weighted by Crippen LogP contribution is -2.51. The van der Waals surface area contributed by atoms with Gasteiger partial charge in [-0.3, -0.25) is 0 Å². The van der Waals surface area contributed by atoms with E-state index in [2.05, 4.69) is 5.32 Å². The number of hydrogen-bond donors (Lipinski definition) is 2. The van der Waals surface area contributed by atoms with Crippen molar-refractivity contribution in [2.24, 2.45) is 11.8 Å². The molecule has 5 unspecified atom stereocenters. The number of sulfonamides is 1. The molecule has 0 bridgehead atoms. The highest BCUT2D eigenvalue weighted by Crippen LogP contribution is 2.35. The Labute approximate surface area is 297 Å². The van der Waals surface area contributed by atoms with Gasteiger partial charge in [0, 0.05) is 19.2 Å². The van der Waals surface area contributed by atoms with Gasteiger partial charge in [-0.25, -0.2) is 17.6 Å². The number of carbonyl (C=O) groups excluding carboxylic acids is 1. The molecule has 2 fully saturated rings. The van der Waals surface area contributed by atoms with E-state index in [4.69, 9.17) is 28.4 Å². The quantitative estimate of drug-likeness (QED) is 0.200. The zero-order valence-electron chi connectivity index (χ0n) is 28.7. The van der Waals surface area contributed by atoms with Crippen molar-refractivity contribution in [2.45, 2.75) is 69.0 Å². The normalized spacial score (nSPS) is 20.7. The van der Waals surface area contributed by atoms with Gasteiger partial charge in [0.15, 0.2) is 17.8 Å². The molecule has 0 aliphatic carbocycles. The van der Waals surface area contributed by atoms with Crippen molar-refractivity contribution in [3.63, 3.8) is 0 Å². The highest BCUT2D eigenvalue weighted by atomic mass is 32.2. The molecule has 12 nitrogen and oxygen atoms in total. The van der Waals surface area contributed by atoms with Crippen LogP contribution in [0, 0.1) is 17.7 Å². The molecule has 2 N–H and O–H groups in total. The van der Waals surface area contributed by atoms with Crippen LogP contribution in [0.4, 0.5) is 9.18 Å². The highest BCUT2D eigenvalue weighted by molar-refractivity contribution is 7.89. The SMILES string of the molecule is CC(C)CN(CC(O)C(Cc1ccc(OCCCc2ccc(F)cc2)cc1)NC(=O)OC1COC2OCCC12)S(=O)(=O)c1ccc2c(c1)OCO2. The molecule has 0 aromatic heterocycles. The number of hydrogen-bond acceptors (Lipinski definition) is 10. The fourth-order valence-electron chi connectivity index (χ4n) is 6.45. The monoisotopic (exact) mass is 728 g/mol. The first-order valence-corrected chi connectivity index (χ1v) is 18.7. The van der Waals surface area contributed by atoms with E-state index in [0.29, 0.717) is 36.9 Å². The smallest absolute Gasteiger partial charge is 0.407 e. The van der Waals surface area contributed by atoms with Crippen molar-refractivity contribution in [2.75, 3.05) is 39.7 Å². The largest absolute Gasteiger partial charge is 0.494 e. The lowest BCUT2D eigenvalue weighted by atomic mass is 10.0. The van der Waals surface area contributed by atoms with E-state index in [1.54, 1.807) is 30.3 Å². The summed E-state index contributed by atoms with van der Waals surface area (Å²) in [6, 6.07) is 17.2. The average Bonchev–Trinajstić information content (AvgIpc) is 3.86. The van der Waals surface area contributed by atoms with Crippen LogP contribution in [-0.2, 0) is 37.1 Å². The minimum absolute atomic E-state index is 0.00272. The first-order chi connectivity index (χ1) is 24.5. The molecular weight excluding hydrogens is 683 g/mol. The van der Waals surface area contributed by atoms with Gasteiger partial charge in [-0.2, -0.15) is 4.31 Å². The number of fused-ring (bicyclic) bond motifs is 2. The van der Waals surface area contributed by atoms with Gasteiger partial charge in [-0.1, -0.05) is 38.1 Å². The van der Waals surface area contributed by atoms with Crippen molar-refractivity contribution in [1.29, 1.82) is 0 Å². The van der Waals surface area contributed by atoms with Crippen LogP contribution in [0.1, 0.15) is 37.8 Å². The number of benzene rings is 3. The molecular formula is C37H45FN2O10S. The average molecular weight is 729 g/mol. The summed E-state index contributed by atoms with van der Waals surface area (Å²) in [7, 11) is -4.08. The van der Waals surface area contributed by atoms with E-state index < -0.39 is 40.7 Å². The number of aliphatic hydroxyl groups excluding tert-OH is 1. The number of alkyl carbamates (subject to hydrolysis) is 1. The number of ether oxygens (including phenoxy) is 6. The third kappa shape index (κ3) is 9.49. The van der Waals surface area contributed by atoms with Gasteiger partial charge in [0.2, 0.25) is 16.8 Å². The second-order valence-corrected chi connectivity index (χ2v) is 15.4. The Hall–Kier alpha value is -3.95. The molecule has 3 heterocycles. The van der Waals surface area contributed by atoms with E-state index in [0.717, 1.165) is 24.0 Å². The Bertz CT molecular complexity index is 1720. The maximum atomic E-state index is 13.9. The van der Waals surface area contributed by atoms with Gasteiger partial charge in [-0.15, -0.1) is 0 Å². The predicted octanol–water partition coefficient (Wildman–Crippen LogP) is 4.67. The number of carbonyl (C=O) groups is 1. The zero-order chi connectivity index (χ0) is 36.0. The number of aryl methyl sites for hydroxylation is 1. The van der Waals surface area contributed by atoms with Crippen molar-refractivity contribution in [3.8, 4) is 17.2 Å². The molecule has 3 aliphatic heterocycles. The Morgan fingerprint density at radius 2 is 1.75 bits per heavy atom. The summed E-state index contributed by atoms with van der Waals surface area (Å²) in [5.41, 5.74) is 1.80. The third-order valence-corrected chi connectivity index (χ3v) is 11.0. The van der Waals surface area contributed by atoms with Crippen LogP contribution in [0.5, 0.6) is 17.2 Å². The van der Waals surface area contributed by atoms with Gasteiger partial charge >= 0.3 is 6.09 Å². The predicted molar refractivity (Wildman–Crippen MR) is 184 cm³/mol. The fraction of sp³-hybridized carbons (Fsp3) is 0.486. The van der Waals surface area contributed by atoms with Gasteiger partial charge < -0.3 is 38.8 Å². The standard InChI is InChI=1S/C37H45FN2O10S/c1-24(2)20-40(51(43,44)29-13-14-33-34(19-29)49-23-48-33)21-32(41)31(39-37(42)50-35-22-47-36-30(35)15-17-46-36)18-26-7-11-28(12-8-26)45-16-3-4-25-5-9-27(38)10-6-25/h5-14,19,24,30-32,35-36,41H,3-4,15-18,20-23H2,1-2H3,(H,39,42). The molecule has 14 heteroatoms. The summed E-state index contributed by atoms with van der Waals surface area (Å²) in [5.74, 6) is 1.03. The lowest BCUT2D eigenvalue weighted by molar-refractivity contribution is -0.0907. The van der Waals surface area contributed by atoms with Gasteiger partial charge in [0.05, 0.1) is 42.8 Å². The maximum Gasteiger partial charge on any atom is 0.407 e. The second-order valence-electron chi connectivity index (χ2n) is 13.4. The van der Waals surface area contributed by atoms with Crippen LogP contribution in [0.15, 0.2) is 71.6 Å². The molecule has 6 rings (SSSR count). The first-order valence-electron chi connectivity index (χ1n) is 17.3. The number of halogens is 1. The summed E-state index contributed by atoms with van der Waals surface area (Å²) >= 11 is 0. The van der Waals surface area contributed by atoms with Crippen LogP contribution in [0.2, 0.25) is 0 Å². The van der Waals surface area contributed by atoms with Crippen molar-refractivity contribution in [1.82, 2.24) is 9.62 Å². The van der Waals surface area contributed by atoms with E-state index in [-0.39, 0.29) is 55.5 Å². The molecule has 3 aromatic carbocycles. The van der Waals surface area contributed by atoms with Crippen LogP contribution in [-0.4, -0.2) is 88.2 Å². The zero-order valence-corrected chi connectivity index (χ0v) is 29.6. The molecule has 0 radical (unpaired) electrons. The molecule has 0 saturated carbocycles. The molecule has 3 aliphatic rings. The van der Waals surface area contributed by atoms with E-state index in [1.165, 1.54) is 28.6 Å². The van der Waals surface area contributed by atoms with E-state index >= 15 is 0 Å². The van der Waals surface area contributed by atoms with Crippen LogP contribution in [0.3, 0.4) is 0 Å². The van der Waals surface area contributed by atoms with E-state index in [9.17, 15) is 22.7 Å². The van der Waals surface area contributed by atoms with Gasteiger partial charge in [0.25, 0.3) is 0 Å². The number of amides is 1. The second kappa shape index (κ2) is 16.6. The van der Waals surface area contributed by atoms with E-state index in [1.807, 2.05) is 26.0 Å². The molecule has 0 spiro atoms. The van der Waals surface area contributed by atoms with Crippen LogP contribution >= 0.6 is 0 Å². The van der Waals surface area contributed by atoms with Crippen LogP contribution in [0.25, 0.3) is 0 Å². The molecule has 3 aromatic rings. The Morgan fingerprint density at radius 3 is 2.51 bits per heavy atom. The summed E-state index contributed by atoms with van der Waals surface area (Å²) in [5, 5.41) is 14.5. The minimum Gasteiger partial charge on any atom is -0.494 e. The van der Waals surface area contributed by atoms with Gasteiger partial charge in [0.1, 0.15) is 17.7 Å². The number of nitrogens with one attached hydrogen (secondary N) is 1. The summed E-state index contributed by atoms with van der Waals surface area (Å²) in [4.78, 5) is 13.3. The van der Waals surface area contributed by atoms with Crippen molar-refractivity contribution in [3.05, 3.63) is 83.7 Å². The maximum absolute atomic E-state index is 13.9. The molecule has 51 heavy (non-hydrogen) atoms. The van der Waals surface area contributed by atoms with Crippen LogP contribution < -0.4 is 19.5 Å². The number of rotatable bonds is 16. The lowest BCUT2D eigenvalue weighted by Gasteiger charge is -2.31. The third-order valence-electron chi connectivity index (χ3n) is 9.12. The summed E-state index contributed by atoms with van der Waals surface area (Å²) < 4.78 is 75.8. The fourth-order valence-corrected chi connectivity index (χ4v) is 8.08. The number of aliphatic hydroxyl groups is 1. The highest BCUT2D eigenvalue weighted by Gasteiger charge is 2.44. The first kappa shape index (κ1) is 36.8. The number of nitrogens with zero attached hydrogens (tertiary/aromatic N) is 1. The van der Waals surface area contributed by atoms with Crippen molar-refractivity contribution >= 4 is 16.1 Å². The molecule has 2 saturated heterocycles. The Kier molecular flexibility index (Phi) is 12.0. The molecule has 1 amide bonds. The Balaban J connectivity index is 1.13. The molecule has 5 atom stereocenters. The molecule has 276 valence electrons. The summed E-state index contributed by atoms with van der Waals surface area (Å²) in [6.07, 6.45) is -0.583.